The number of nitrogens with zero attached hydrogens (tertiary/aromatic N) is 1. The SMILES string of the molecule is O=C(NC1(c2ccc(Br)cc2)CCC1)c1n[nH]c2c1CNCC2. The molecule has 23 heavy (non-hydrogen) atoms. The third-order valence-electron chi connectivity index (χ3n) is 4.98. The van der Waals surface area contributed by atoms with Gasteiger partial charge in [0, 0.05) is 35.2 Å². The van der Waals surface area contributed by atoms with Crippen LogP contribution in [0.1, 0.15) is 46.6 Å². The number of fused-ring (bicyclic) bond motifs is 1. The van der Waals surface area contributed by atoms with Gasteiger partial charge in [0.25, 0.3) is 5.91 Å². The molecular weight excluding hydrogens is 356 g/mol. The van der Waals surface area contributed by atoms with E-state index in [2.05, 4.69) is 48.9 Å². The van der Waals surface area contributed by atoms with Gasteiger partial charge in [0.1, 0.15) is 0 Å². The highest BCUT2D eigenvalue weighted by atomic mass is 79.9. The number of carbonyl (C=O) groups is 1. The van der Waals surface area contributed by atoms with Gasteiger partial charge in [-0.1, -0.05) is 28.1 Å². The molecule has 1 saturated carbocycles. The first-order valence-electron chi connectivity index (χ1n) is 8.03. The van der Waals surface area contributed by atoms with Crippen LogP contribution >= 0.6 is 15.9 Å². The topological polar surface area (TPSA) is 69.8 Å². The van der Waals surface area contributed by atoms with Crippen LogP contribution < -0.4 is 10.6 Å². The zero-order chi connectivity index (χ0) is 15.9. The van der Waals surface area contributed by atoms with Gasteiger partial charge in [-0.25, -0.2) is 0 Å². The van der Waals surface area contributed by atoms with Gasteiger partial charge in [-0.3, -0.25) is 9.89 Å². The predicted molar refractivity (Wildman–Crippen MR) is 91.1 cm³/mol. The number of halogens is 1. The Balaban J connectivity index is 1.59. The molecule has 0 unspecified atom stereocenters. The van der Waals surface area contributed by atoms with Crippen molar-refractivity contribution in [3.8, 4) is 0 Å². The van der Waals surface area contributed by atoms with Crippen LogP contribution in [0.3, 0.4) is 0 Å². The quantitative estimate of drug-likeness (QED) is 0.773. The number of rotatable bonds is 3. The van der Waals surface area contributed by atoms with E-state index in [0.717, 1.165) is 48.0 Å². The molecule has 0 radical (unpaired) electrons. The number of aromatic nitrogens is 2. The highest BCUT2D eigenvalue weighted by Gasteiger charge is 2.41. The van der Waals surface area contributed by atoms with Gasteiger partial charge in [-0.05, 0) is 37.0 Å². The van der Waals surface area contributed by atoms with Gasteiger partial charge >= 0.3 is 0 Å². The normalized spacial score (nSPS) is 18.8. The average Bonchev–Trinajstić information content (AvgIpc) is 2.96. The van der Waals surface area contributed by atoms with E-state index in [1.54, 1.807) is 0 Å². The van der Waals surface area contributed by atoms with E-state index in [4.69, 9.17) is 0 Å². The molecule has 120 valence electrons. The highest BCUT2D eigenvalue weighted by molar-refractivity contribution is 9.10. The first-order chi connectivity index (χ1) is 11.2. The summed E-state index contributed by atoms with van der Waals surface area (Å²) in [5.74, 6) is -0.0752. The maximum Gasteiger partial charge on any atom is 0.272 e. The van der Waals surface area contributed by atoms with E-state index in [1.165, 1.54) is 5.56 Å². The molecule has 1 aromatic carbocycles. The van der Waals surface area contributed by atoms with Crippen molar-refractivity contribution < 1.29 is 4.79 Å². The maximum absolute atomic E-state index is 12.8. The summed E-state index contributed by atoms with van der Waals surface area (Å²) in [7, 11) is 0. The number of nitrogens with one attached hydrogen (secondary N) is 3. The van der Waals surface area contributed by atoms with Crippen molar-refractivity contribution in [1.29, 1.82) is 0 Å². The number of hydrogen-bond donors (Lipinski definition) is 3. The lowest BCUT2D eigenvalue weighted by Crippen LogP contribution is -2.51. The van der Waals surface area contributed by atoms with Crippen LogP contribution in [0.2, 0.25) is 0 Å². The summed E-state index contributed by atoms with van der Waals surface area (Å²) in [5.41, 5.74) is 3.56. The van der Waals surface area contributed by atoms with Gasteiger partial charge < -0.3 is 10.6 Å². The van der Waals surface area contributed by atoms with Crippen molar-refractivity contribution >= 4 is 21.8 Å². The molecule has 1 aromatic heterocycles. The molecule has 5 nitrogen and oxygen atoms in total. The number of hydrogen-bond acceptors (Lipinski definition) is 3. The number of amides is 1. The van der Waals surface area contributed by atoms with Crippen LogP contribution in [0.5, 0.6) is 0 Å². The third-order valence-corrected chi connectivity index (χ3v) is 5.51. The molecule has 2 heterocycles. The summed E-state index contributed by atoms with van der Waals surface area (Å²) in [6, 6.07) is 8.24. The van der Waals surface area contributed by atoms with Crippen molar-refractivity contribution in [2.75, 3.05) is 6.54 Å². The number of aromatic amines is 1. The monoisotopic (exact) mass is 374 g/mol. The lowest BCUT2D eigenvalue weighted by molar-refractivity contribution is 0.0817. The lowest BCUT2D eigenvalue weighted by atomic mass is 9.71. The Hall–Kier alpha value is -1.66. The Morgan fingerprint density at radius 1 is 1.26 bits per heavy atom. The molecule has 0 atom stereocenters. The molecule has 1 aliphatic carbocycles. The Kier molecular flexibility index (Phi) is 3.73. The first kappa shape index (κ1) is 14.9. The summed E-state index contributed by atoms with van der Waals surface area (Å²) in [6.45, 7) is 1.64. The summed E-state index contributed by atoms with van der Waals surface area (Å²) >= 11 is 3.47. The van der Waals surface area contributed by atoms with Crippen LogP contribution in [-0.2, 0) is 18.5 Å². The zero-order valence-corrected chi connectivity index (χ0v) is 14.4. The van der Waals surface area contributed by atoms with Crippen LogP contribution in [0, 0.1) is 0 Å². The summed E-state index contributed by atoms with van der Waals surface area (Å²) < 4.78 is 1.05. The van der Waals surface area contributed by atoms with E-state index in [-0.39, 0.29) is 11.4 Å². The summed E-state index contributed by atoms with van der Waals surface area (Å²) in [4.78, 5) is 12.8. The summed E-state index contributed by atoms with van der Waals surface area (Å²) in [6.07, 6.45) is 3.99. The molecule has 0 bridgehead atoms. The summed E-state index contributed by atoms with van der Waals surface area (Å²) in [5, 5.41) is 13.8. The lowest BCUT2D eigenvalue weighted by Gasteiger charge is -2.43. The molecule has 2 aliphatic rings. The molecule has 4 rings (SSSR count). The van der Waals surface area contributed by atoms with Crippen LogP contribution in [0.25, 0.3) is 0 Å². The minimum Gasteiger partial charge on any atom is -0.341 e. The van der Waals surface area contributed by atoms with Gasteiger partial charge in [0.15, 0.2) is 5.69 Å². The first-order valence-corrected chi connectivity index (χ1v) is 8.83. The molecule has 0 spiro atoms. The fourth-order valence-corrected chi connectivity index (χ4v) is 3.74. The molecule has 1 amide bonds. The predicted octanol–water partition coefficient (Wildman–Crippen LogP) is 2.63. The third kappa shape index (κ3) is 2.60. The number of benzene rings is 1. The van der Waals surface area contributed by atoms with E-state index in [1.807, 2.05) is 12.1 Å². The Morgan fingerprint density at radius 3 is 2.74 bits per heavy atom. The Morgan fingerprint density at radius 2 is 2.04 bits per heavy atom. The number of H-pyrrole nitrogens is 1. The van der Waals surface area contributed by atoms with Gasteiger partial charge in [-0.2, -0.15) is 5.10 Å². The minimum atomic E-state index is -0.244. The molecule has 2 aromatic rings. The smallest absolute Gasteiger partial charge is 0.272 e. The van der Waals surface area contributed by atoms with Crippen molar-refractivity contribution in [3.05, 3.63) is 51.3 Å². The molecule has 0 saturated heterocycles. The zero-order valence-electron chi connectivity index (χ0n) is 12.8. The largest absolute Gasteiger partial charge is 0.341 e. The van der Waals surface area contributed by atoms with Crippen molar-refractivity contribution in [2.24, 2.45) is 0 Å². The van der Waals surface area contributed by atoms with Crippen molar-refractivity contribution in [3.63, 3.8) is 0 Å². The Bertz CT molecular complexity index is 734. The van der Waals surface area contributed by atoms with Crippen LogP contribution in [0.4, 0.5) is 0 Å². The van der Waals surface area contributed by atoms with Crippen LogP contribution in [0.15, 0.2) is 28.7 Å². The van der Waals surface area contributed by atoms with E-state index in [0.29, 0.717) is 12.2 Å². The molecule has 3 N–H and O–H groups in total. The molecule has 1 fully saturated rings. The minimum absolute atomic E-state index is 0.0752. The van der Waals surface area contributed by atoms with E-state index < -0.39 is 0 Å². The Labute approximate surface area is 143 Å². The number of carbonyl (C=O) groups excluding carboxylic acids is 1. The highest BCUT2D eigenvalue weighted by Crippen LogP contribution is 2.41. The second-order valence-corrected chi connectivity index (χ2v) is 7.27. The van der Waals surface area contributed by atoms with E-state index >= 15 is 0 Å². The van der Waals surface area contributed by atoms with Crippen molar-refractivity contribution in [2.45, 2.75) is 37.8 Å². The standard InChI is InChI=1S/C17H19BrN4O/c18-12-4-2-11(3-5-12)17(7-1-8-17)20-16(23)15-13-10-19-9-6-14(13)21-22-15/h2-5,19H,1,6-10H2,(H,20,23)(H,21,22). The fraction of sp³-hybridized carbons (Fsp3) is 0.412. The van der Waals surface area contributed by atoms with Crippen LogP contribution in [-0.4, -0.2) is 22.6 Å². The fourth-order valence-electron chi connectivity index (χ4n) is 3.47. The van der Waals surface area contributed by atoms with Gasteiger partial charge in [-0.15, -0.1) is 0 Å². The molecular formula is C17H19BrN4O. The molecule has 1 aliphatic heterocycles. The molecule has 6 heteroatoms. The van der Waals surface area contributed by atoms with Crippen molar-refractivity contribution in [1.82, 2.24) is 20.8 Å². The van der Waals surface area contributed by atoms with Gasteiger partial charge in [0.05, 0.1) is 5.54 Å². The van der Waals surface area contributed by atoms with E-state index in [9.17, 15) is 4.79 Å². The average molecular weight is 375 g/mol. The maximum atomic E-state index is 12.8. The second kappa shape index (κ2) is 5.76. The van der Waals surface area contributed by atoms with Gasteiger partial charge in [0.2, 0.25) is 0 Å². The second-order valence-electron chi connectivity index (χ2n) is 6.35.